The van der Waals surface area contributed by atoms with Gasteiger partial charge in [-0.2, -0.15) is 0 Å². The van der Waals surface area contributed by atoms with Gasteiger partial charge in [-0.05, 0) is 17.8 Å². The molecule has 0 aliphatic rings. The molecule has 0 aromatic carbocycles. The summed E-state index contributed by atoms with van der Waals surface area (Å²) in [6.07, 6.45) is 2.13. The van der Waals surface area contributed by atoms with Crippen molar-refractivity contribution in [3.8, 4) is 0 Å². The zero-order chi connectivity index (χ0) is 12.1. The number of aldehydes is 1. The molecule has 0 heterocycles. The van der Waals surface area contributed by atoms with E-state index in [0.29, 0.717) is 6.42 Å². The smallest absolute Gasteiger partial charge is 0.220 e. The van der Waals surface area contributed by atoms with Crippen LogP contribution < -0.4 is 5.32 Å². The molecule has 0 bridgehead atoms. The SMILES string of the molecule is CC(C)[C@@H](C=O)NC(=O)CCC(C)(C)C. The van der Waals surface area contributed by atoms with Gasteiger partial charge in [-0.1, -0.05) is 34.6 Å². The number of hydrogen-bond acceptors (Lipinski definition) is 2. The van der Waals surface area contributed by atoms with Gasteiger partial charge in [-0.3, -0.25) is 4.79 Å². The van der Waals surface area contributed by atoms with Crippen molar-refractivity contribution in [1.29, 1.82) is 0 Å². The predicted octanol–water partition coefficient (Wildman–Crippen LogP) is 2.15. The van der Waals surface area contributed by atoms with Gasteiger partial charge in [-0.15, -0.1) is 0 Å². The first-order chi connectivity index (χ1) is 6.76. The van der Waals surface area contributed by atoms with E-state index >= 15 is 0 Å². The average Bonchev–Trinajstić information content (AvgIpc) is 2.09. The molecule has 0 radical (unpaired) electrons. The predicted molar refractivity (Wildman–Crippen MR) is 61.5 cm³/mol. The van der Waals surface area contributed by atoms with Crippen molar-refractivity contribution in [3.05, 3.63) is 0 Å². The summed E-state index contributed by atoms with van der Waals surface area (Å²) in [4.78, 5) is 22.2. The van der Waals surface area contributed by atoms with Crippen molar-refractivity contribution in [2.24, 2.45) is 11.3 Å². The lowest BCUT2D eigenvalue weighted by Crippen LogP contribution is -2.39. The van der Waals surface area contributed by atoms with E-state index in [1.165, 1.54) is 0 Å². The van der Waals surface area contributed by atoms with Crippen molar-refractivity contribution in [3.63, 3.8) is 0 Å². The van der Waals surface area contributed by atoms with E-state index in [1.54, 1.807) is 0 Å². The highest BCUT2D eigenvalue weighted by molar-refractivity contribution is 5.79. The molecule has 0 unspecified atom stereocenters. The molecule has 1 amide bonds. The molecule has 0 fully saturated rings. The summed E-state index contributed by atoms with van der Waals surface area (Å²) in [5.74, 6) is 0.122. The fraction of sp³-hybridized carbons (Fsp3) is 0.833. The van der Waals surface area contributed by atoms with E-state index in [9.17, 15) is 9.59 Å². The minimum atomic E-state index is -0.350. The summed E-state index contributed by atoms with van der Waals surface area (Å²) in [6.45, 7) is 10.1. The van der Waals surface area contributed by atoms with Gasteiger partial charge in [-0.25, -0.2) is 0 Å². The molecule has 0 rings (SSSR count). The monoisotopic (exact) mass is 213 g/mol. The van der Waals surface area contributed by atoms with Gasteiger partial charge in [0.25, 0.3) is 0 Å². The molecule has 88 valence electrons. The highest BCUT2D eigenvalue weighted by Gasteiger charge is 2.17. The van der Waals surface area contributed by atoms with Gasteiger partial charge in [0.15, 0.2) is 0 Å². The van der Waals surface area contributed by atoms with Crippen LogP contribution in [-0.2, 0) is 9.59 Å². The van der Waals surface area contributed by atoms with Gasteiger partial charge < -0.3 is 10.1 Å². The molecule has 0 saturated carbocycles. The highest BCUT2D eigenvalue weighted by atomic mass is 16.2. The normalized spacial score (nSPS) is 13.7. The van der Waals surface area contributed by atoms with E-state index in [-0.39, 0.29) is 23.3 Å². The minimum Gasteiger partial charge on any atom is -0.346 e. The summed E-state index contributed by atoms with van der Waals surface area (Å²) >= 11 is 0. The fourth-order valence-electron chi connectivity index (χ4n) is 1.10. The van der Waals surface area contributed by atoms with E-state index in [2.05, 4.69) is 26.1 Å². The quantitative estimate of drug-likeness (QED) is 0.711. The Morgan fingerprint density at radius 1 is 1.33 bits per heavy atom. The van der Waals surface area contributed by atoms with Crippen LogP contribution in [0.4, 0.5) is 0 Å². The van der Waals surface area contributed by atoms with Crippen molar-refractivity contribution in [2.45, 2.75) is 53.5 Å². The Labute approximate surface area is 92.6 Å². The molecule has 0 aromatic heterocycles. The largest absolute Gasteiger partial charge is 0.346 e. The Kier molecular flexibility index (Phi) is 5.55. The second kappa shape index (κ2) is 5.89. The third-order valence-corrected chi connectivity index (χ3v) is 2.29. The number of rotatable bonds is 5. The van der Waals surface area contributed by atoms with Crippen LogP contribution >= 0.6 is 0 Å². The molecule has 0 saturated heterocycles. The standard InChI is InChI=1S/C12H23NO2/c1-9(2)10(8-14)13-11(15)6-7-12(3,4)5/h8-10H,6-7H2,1-5H3,(H,13,15)/t10-/m1/s1. The van der Waals surface area contributed by atoms with E-state index in [4.69, 9.17) is 0 Å². The zero-order valence-electron chi connectivity index (χ0n) is 10.5. The summed E-state index contributed by atoms with van der Waals surface area (Å²) in [5, 5.41) is 2.73. The molecule has 1 N–H and O–H groups in total. The van der Waals surface area contributed by atoms with Gasteiger partial charge in [0.05, 0.1) is 6.04 Å². The number of carbonyl (C=O) groups is 2. The third-order valence-electron chi connectivity index (χ3n) is 2.29. The topological polar surface area (TPSA) is 46.2 Å². The van der Waals surface area contributed by atoms with Gasteiger partial charge in [0, 0.05) is 6.42 Å². The van der Waals surface area contributed by atoms with Crippen molar-refractivity contribution >= 4 is 12.2 Å². The lowest BCUT2D eigenvalue weighted by atomic mass is 9.90. The van der Waals surface area contributed by atoms with Crippen LogP contribution in [0.25, 0.3) is 0 Å². The minimum absolute atomic E-state index is 0.0317. The first-order valence-corrected chi connectivity index (χ1v) is 5.51. The van der Waals surface area contributed by atoms with E-state index in [1.807, 2.05) is 13.8 Å². The average molecular weight is 213 g/mol. The van der Waals surface area contributed by atoms with Gasteiger partial charge in [0.1, 0.15) is 6.29 Å². The van der Waals surface area contributed by atoms with Crippen LogP contribution in [0.3, 0.4) is 0 Å². The number of nitrogens with one attached hydrogen (secondary N) is 1. The van der Waals surface area contributed by atoms with Crippen LogP contribution in [0.5, 0.6) is 0 Å². The fourth-order valence-corrected chi connectivity index (χ4v) is 1.10. The van der Waals surface area contributed by atoms with Crippen molar-refractivity contribution in [1.82, 2.24) is 5.32 Å². The summed E-state index contributed by atoms with van der Waals surface area (Å²) in [5.41, 5.74) is 0.159. The van der Waals surface area contributed by atoms with Crippen LogP contribution in [-0.4, -0.2) is 18.2 Å². The molecule has 0 aliphatic carbocycles. The summed E-state index contributed by atoms with van der Waals surface area (Å²) in [7, 11) is 0. The maximum Gasteiger partial charge on any atom is 0.220 e. The highest BCUT2D eigenvalue weighted by Crippen LogP contribution is 2.20. The Morgan fingerprint density at radius 2 is 1.87 bits per heavy atom. The lowest BCUT2D eigenvalue weighted by Gasteiger charge is -2.20. The Morgan fingerprint density at radius 3 is 2.20 bits per heavy atom. The Bertz CT molecular complexity index is 216. The number of amides is 1. The second-order valence-electron chi connectivity index (χ2n) is 5.53. The van der Waals surface area contributed by atoms with E-state index < -0.39 is 0 Å². The van der Waals surface area contributed by atoms with Crippen LogP contribution in [0.2, 0.25) is 0 Å². The molecule has 1 atom stereocenters. The van der Waals surface area contributed by atoms with Crippen LogP contribution in [0, 0.1) is 11.3 Å². The van der Waals surface area contributed by atoms with Crippen molar-refractivity contribution in [2.75, 3.05) is 0 Å². The van der Waals surface area contributed by atoms with Gasteiger partial charge in [0.2, 0.25) is 5.91 Å². The molecule has 0 aliphatic heterocycles. The molecule has 15 heavy (non-hydrogen) atoms. The summed E-state index contributed by atoms with van der Waals surface area (Å²) < 4.78 is 0. The molecule has 0 spiro atoms. The zero-order valence-corrected chi connectivity index (χ0v) is 10.5. The second-order valence-corrected chi connectivity index (χ2v) is 5.53. The maximum absolute atomic E-state index is 11.5. The van der Waals surface area contributed by atoms with Crippen molar-refractivity contribution < 1.29 is 9.59 Å². The Hall–Kier alpha value is -0.860. The van der Waals surface area contributed by atoms with E-state index in [0.717, 1.165) is 12.7 Å². The molecule has 3 heteroatoms. The third kappa shape index (κ3) is 7.11. The summed E-state index contributed by atoms with van der Waals surface area (Å²) in [6, 6.07) is -0.350. The lowest BCUT2D eigenvalue weighted by molar-refractivity contribution is -0.125. The van der Waals surface area contributed by atoms with Crippen LogP contribution in [0.1, 0.15) is 47.5 Å². The van der Waals surface area contributed by atoms with Gasteiger partial charge >= 0.3 is 0 Å². The molecular formula is C12H23NO2. The molecular weight excluding hydrogens is 190 g/mol. The number of hydrogen-bond donors (Lipinski definition) is 1. The Balaban J connectivity index is 3.97. The molecule has 3 nitrogen and oxygen atoms in total. The first-order valence-electron chi connectivity index (χ1n) is 5.51. The van der Waals surface area contributed by atoms with Crippen LogP contribution in [0.15, 0.2) is 0 Å². The number of carbonyl (C=O) groups excluding carboxylic acids is 2. The maximum atomic E-state index is 11.5. The molecule has 0 aromatic rings. The first kappa shape index (κ1) is 14.1.